The molecule has 0 unspecified atom stereocenters. The Morgan fingerprint density at radius 3 is 2.75 bits per heavy atom. The predicted octanol–water partition coefficient (Wildman–Crippen LogP) is 2.99. The summed E-state index contributed by atoms with van der Waals surface area (Å²) in [5, 5.41) is 14.2. The summed E-state index contributed by atoms with van der Waals surface area (Å²) in [5.74, 6) is 1.14. The lowest BCUT2D eigenvalue weighted by molar-refractivity contribution is 0.0993. The Labute approximate surface area is 162 Å². The molecule has 1 aromatic heterocycles. The molecule has 1 aliphatic heterocycles. The smallest absolute Gasteiger partial charge is 0.258 e. The molecular weight excluding hydrogens is 358 g/mol. The monoisotopic (exact) mass is 379 g/mol. The summed E-state index contributed by atoms with van der Waals surface area (Å²) in [6.07, 6.45) is 0. The summed E-state index contributed by atoms with van der Waals surface area (Å²) >= 11 is 0. The predicted molar refractivity (Wildman–Crippen MR) is 104 cm³/mol. The number of aliphatic hydroxyl groups is 1. The highest BCUT2D eigenvalue weighted by molar-refractivity contribution is 6.06. The number of hydrogen-bond acceptors (Lipinski definition) is 5. The number of fused-ring (bicyclic) bond motifs is 1. The normalized spacial score (nSPS) is 12.3. The molecule has 1 N–H and O–H groups in total. The molecule has 0 saturated carbocycles. The molecule has 2 heterocycles. The van der Waals surface area contributed by atoms with Gasteiger partial charge in [0.15, 0.2) is 11.5 Å². The van der Waals surface area contributed by atoms with E-state index in [4.69, 9.17) is 9.47 Å². The van der Waals surface area contributed by atoms with Crippen LogP contribution in [0.15, 0.2) is 42.5 Å². The zero-order chi connectivity index (χ0) is 19.8. The lowest BCUT2D eigenvalue weighted by atomic mass is 10.1. The van der Waals surface area contributed by atoms with Crippen molar-refractivity contribution in [2.24, 2.45) is 0 Å². The van der Waals surface area contributed by atoms with Crippen LogP contribution >= 0.6 is 0 Å². The number of carbonyl (C=O) groups is 1. The Kier molecular flexibility index (Phi) is 4.52. The number of hydrogen-bond donors (Lipinski definition) is 1. The fourth-order valence-electron chi connectivity index (χ4n) is 3.23. The van der Waals surface area contributed by atoms with E-state index in [9.17, 15) is 9.90 Å². The van der Waals surface area contributed by atoms with E-state index in [-0.39, 0.29) is 19.3 Å². The van der Waals surface area contributed by atoms with Gasteiger partial charge in [-0.3, -0.25) is 4.79 Å². The molecule has 0 bridgehead atoms. The molecular formula is C21H21N3O4. The van der Waals surface area contributed by atoms with Crippen molar-refractivity contribution in [2.75, 3.05) is 18.7 Å². The number of anilines is 1. The van der Waals surface area contributed by atoms with Gasteiger partial charge in [0.05, 0.1) is 23.7 Å². The molecule has 0 aliphatic carbocycles. The SMILES string of the molecule is Cc1nn(-c2cccc(C(=O)N(C)c3ccc4c(c3)OCO4)c2)c(CO)c1C. The number of rotatable bonds is 4. The Morgan fingerprint density at radius 1 is 1.18 bits per heavy atom. The molecule has 0 radical (unpaired) electrons. The number of aryl methyl sites for hydroxylation is 1. The van der Waals surface area contributed by atoms with Crippen molar-refractivity contribution < 1.29 is 19.4 Å². The highest BCUT2D eigenvalue weighted by Gasteiger charge is 2.20. The van der Waals surface area contributed by atoms with E-state index >= 15 is 0 Å². The number of ether oxygens (including phenoxy) is 2. The lowest BCUT2D eigenvalue weighted by Gasteiger charge is -2.18. The quantitative estimate of drug-likeness (QED) is 0.754. The largest absolute Gasteiger partial charge is 0.454 e. The minimum atomic E-state index is -0.160. The first-order valence-corrected chi connectivity index (χ1v) is 8.93. The number of aromatic nitrogens is 2. The van der Waals surface area contributed by atoms with E-state index in [0.717, 1.165) is 16.9 Å². The number of carbonyl (C=O) groups excluding carboxylic acids is 1. The van der Waals surface area contributed by atoms with Crippen LogP contribution in [0.25, 0.3) is 5.69 Å². The van der Waals surface area contributed by atoms with Gasteiger partial charge in [0.1, 0.15) is 0 Å². The number of amides is 1. The van der Waals surface area contributed by atoms with Crippen LogP contribution in [0.1, 0.15) is 27.3 Å². The summed E-state index contributed by atoms with van der Waals surface area (Å²) in [7, 11) is 1.72. The lowest BCUT2D eigenvalue weighted by Crippen LogP contribution is -2.26. The van der Waals surface area contributed by atoms with Crippen molar-refractivity contribution in [3.05, 3.63) is 65.0 Å². The van der Waals surface area contributed by atoms with Crippen LogP contribution in [0.4, 0.5) is 5.69 Å². The second kappa shape index (κ2) is 7.01. The molecule has 28 heavy (non-hydrogen) atoms. The Morgan fingerprint density at radius 2 is 1.96 bits per heavy atom. The summed E-state index contributed by atoms with van der Waals surface area (Å²) in [5.41, 5.74) is 4.46. The zero-order valence-corrected chi connectivity index (χ0v) is 16.0. The van der Waals surface area contributed by atoms with Crippen LogP contribution in [-0.4, -0.2) is 34.6 Å². The average Bonchev–Trinajstić information content (AvgIpc) is 3.30. The molecule has 2 aromatic carbocycles. The first-order chi connectivity index (χ1) is 13.5. The van der Waals surface area contributed by atoms with Crippen molar-refractivity contribution in [3.8, 4) is 17.2 Å². The standard InChI is InChI=1S/C21H21N3O4/c1-13-14(2)22-24(18(13)11-25)17-6-4-5-15(9-17)21(26)23(3)16-7-8-19-20(10-16)28-12-27-19/h4-10,25H,11-12H2,1-3H3. The van der Waals surface area contributed by atoms with Gasteiger partial charge in [-0.2, -0.15) is 5.10 Å². The average molecular weight is 379 g/mol. The van der Waals surface area contributed by atoms with Crippen molar-refractivity contribution in [1.82, 2.24) is 9.78 Å². The van der Waals surface area contributed by atoms with Gasteiger partial charge in [-0.05, 0) is 49.7 Å². The van der Waals surface area contributed by atoms with E-state index in [2.05, 4.69) is 5.10 Å². The summed E-state index contributed by atoms with van der Waals surface area (Å²) in [4.78, 5) is 14.6. The van der Waals surface area contributed by atoms with Gasteiger partial charge in [0.25, 0.3) is 5.91 Å². The number of nitrogens with zero attached hydrogens (tertiary/aromatic N) is 3. The van der Waals surface area contributed by atoms with E-state index in [1.54, 1.807) is 40.9 Å². The second-order valence-electron chi connectivity index (χ2n) is 6.68. The van der Waals surface area contributed by atoms with Gasteiger partial charge in [-0.25, -0.2) is 4.68 Å². The van der Waals surface area contributed by atoms with Crippen LogP contribution < -0.4 is 14.4 Å². The van der Waals surface area contributed by atoms with Gasteiger partial charge >= 0.3 is 0 Å². The molecule has 3 aromatic rings. The third-order valence-electron chi connectivity index (χ3n) is 5.02. The second-order valence-corrected chi connectivity index (χ2v) is 6.68. The molecule has 4 rings (SSSR count). The van der Waals surface area contributed by atoms with Crippen molar-refractivity contribution in [1.29, 1.82) is 0 Å². The molecule has 1 aliphatic rings. The molecule has 0 spiro atoms. The van der Waals surface area contributed by atoms with Crippen LogP contribution in [0.2, 0.25) is 0 Å². The highest BCUT2D eigenvalue weighted by atomic mass is 16.7. The van der Waals surface area contributed by atoms with E-state index < -0.39 is 0 Å². The number of aliphatic hydroxyl groups excluding tert-OH is 1. The van der Waals surface area contributed by atoms with Gasteiger partial charge < -0.3 is 19.5 Å². The van der Waals surface area contributed by atoms with Crippen LogP contribution in [0, 0.1) is 13.8 Å². The highest BCUT2D eigenvalue weighted by Crippen LogP contribution is 2.35. The maximum Gasteiger partial charge on any atom is 0.258 e. The van der Waals surface area contributed by atoms with Crippen molar-refractivity contribution >= 4 is 11.6 Å². The summed E-state index contributed by atoms with van der Waals surface area (Å²) in [6.45, 7) is 3.89. The topological polar surface area (TPSA) is 76.8 Å². The summed E-state index contributed by atoms with van der Waals surface area (Å²) < 4.78 is 12.4. The summed E-state index contributed by atoms with van der Waals surface area (Å²) in [6, 6.07) is 12.6. The van der Waals surface area contributed by atoms with Gasteiger partial charge in [0.2, 0.25) is 6.79 Å². The number of benzene rings is 2. The van der Waals surface area contributed by atoms with Crippen LogP contribution in [0.3, 0.4) is 0 Å². The fourth-order valence-corrected chi connectivity index (χ4v) is 3.23. The van der Waals surface area contributed by atoms with E-state index in [1.807, 2.05) is 32.0 Å². The minimum Gasteiger partial charge on any atom is -0.454 e. The molecule has 0 fully saturated rings. The van der Waals surface area contributed by atoms with Crippen molar-refractivity contribution in [3.63, 3.8) is 0 Å². The molecule has 0 saturated heterocycles. The molecule has 1 amide bonds. The van der Waals surface area contributed by atoms with Crippen LogP contribution in [-0.2, 0) is 6.61 Å². The third-order valence-corrected chi connectivity index (χ3v) is 5.02. The Balaban J connectivity index is 1.66. The first-order valence-electron chi connectivity index (χ1n) is 8.93. The Bertz CT molecular complexity index is 1060. The van der Waals surface area contributed by atoms with Crippen LogP contribution in [0.5, 0.6) is 11.5 Å². The molecule has 144 valence electrons. The third kappa shape index (κ3) is 2.99. The van der Waals surface area contributed by atoms with Crippen molar-refractivity contribution in [2.45, 2.75) is 20.5 Å². The fraction of sp³-hybridized carbons (Fsp3) is 0.238. The molecule has 7 nitrogen and oxygen atoms in total. The van der Waals surface area contributed by atoms with Gasteiger partial charge in [-0.1, -0.05) is 6.07 Å². The maximum atomic E-state index is 13.0. The first kappa shape index (κ1) is 18.1. The minimum absolute atomic E-state index is 0.123. The molecule has 7 heteroatoms. The van der Waals surface area contributed by atoms with E-state index in [0.29, 0.717) is 28.4 Å². The zero-order valence-electron chi connectivity index (χ0n) is 16.0. The van der Waals surface area contributed by atoms with E-state index in [1.165, 1.54) is 0 Å². The molecule has 0 atom stereocenters. The Hall–Kier alpha value is -3.32. The van der Waals surface area contributed by atoms with Gasteiger partial charge in [-0.15, -0.1) is 0 Å². The maximum absolute atomic E-state index is 13.0. The van der Waals surface area contributed by atoms with Gasteiger partial charge in [0, 0.05) is 24.4 Å².